The highest BCUT2D eigenvalue weighted by Crippen LogP contribution is 2.17. The summed E-state index contributed by atoms with van der Waals surface area (Å²) in [5.74, 6) is 1.24. The molecule has 132 valence electrons. The van der Waals surface area contributed by atoms with Gasteiger partial charge in [-0.3, -0.25) is 4.98 Å². The zero-order valence-electron chi connectivity index (χ0n) is 15.1. The molecule has 2 aromatic rings. The number of fused-ring (bicyclic) bond motifs is 1. The topological polar surface area (TPSA) is 49.2 Å². The molecule has 3 rings (SSSR count). The molecule has 4 nitrogen and oxygen atoms in total. The van der Waals surface area contributed by atoms with Crippen LogP contribution < -0.4 is 4.90 Å². The molecule has 0 spiro atoms. The standard InChI is InChI=1S/C22H23N3O/c1-3-25(2)22-14-11-17(16-23-22)7-4-5-8-19-13-12-18-15-20(26)9-6-10-21(18)24-19/h4-9,11-16,26H,3,10H2,1-2H3/b7-4+,8-5+. The summed E-state index contributed by atoms with van der Waals surface area (Å²) in [5.41, 5.74) is 3.89. The molecule has 0 unspecified atom stereocenters. The van der Waals surface area contributed by atoms with Gasteiger partial charge >= 0.3 is 0 Å². The first-order chi connectivity index (χ1) is 12.7. The van der Waals surface area contributed by atoms with Gasteiger partial charge < -0.3 is 10.0 Å². The largest absolute Gasteiger partial charge is 0.508 e. The molecule has 1 aliphatic rings. The fourth-order valence-electron chi connectivity index (χ4n) is 2.62. The summed E-state index contributed by atoms with van der Waals surface area (Å²) in [6.07, 6.45) is 15.9. The Labute approximate surface area is 154 Å². The van der Waals surface area contributed by atoms with Crippen molar-refractivity contribution in [1.82, 2.24) is 9.97 Å². The summed E-state index contributed by atoms with van der Waals surface area (Å²) in [7, 11) is 2.03. The highest BCUT2D eigenvalue weighted by atomic mass is 16.3. The molecule has 0 saturated heterocycles. The Balaban J connectivity index is 1.66. The van der Waals surface area contributed by atoms with E-state index in [1.54, 1.807) is 12.2 Å². The molecule has 0 saturated carbocycles. The van der Waals surface area contributed by atoms with E-state index in [1.807, 2.05) is 61.8 Å². The van der Waals surface area contributed by atoms with Gasteiger partial charge in [0.1, 0.15) is 11.6 Å². The lowest BCUT2D eigenvalue weighted by Crippen LogP contribution is -2.16. The fourth-order valence-corrected chi connectivity index (χ4v) is 2.62. The number of aromatic nitrogens is 2. The quantitative estimate of drug-likeness (QED) is 0.800. The van der Waals surface area contributed by atoms with Crippen LogP contribution in [0.5, 0.6) is 0 Å². The van der Waals surface area contributed by atoms with E-state index in [9.17, 15) is 5.11 Å². The lowest BCUT2D eigenvalue weighted by Gasteiger charge is -2.14. The number of nitrogens with zero attached hydrogens (tertiary/aromatic N) is 3. The van der Waals surface area contributed by atoms with Crippen LogP contribution in [0.25, 0.3) is 18.2 Å². The Kier molecular flexibility index (Phi) is 5.64. The lowest BCUT2D eigenvalue weighted by molar-refractivity contribution is 0.438. The van der Waals surface area contributed by atoms with Crippen molar-refractivity contribution in [3.8, 4) is 0 Å². The molecular weight excluding hydrogens is 322 g/mol. The van der Waals surface area contributed by atoms with Crippen molar-refractivity contribution in [1.29, 1.82) is 0 Å². The van der Waals surface area contributed by atoms with E-state index in [4.69, 9.17) is 0 Å². The summed E-state index contributed by atoms with van der Waals surface area (Å²) in [6.45, 7) is 3.04. The van der Waals surface area contributed by atoms with Crippen LogP contribution in [0.1, 0.15) is 29.4 Å². The summed E-state index contributed by atoms with van der Waals surface area (Å²) < 4.78 is 0. The average Bonchev–Trinajstić information content (AvgIpc) is 2.85. The van der Waals surface area contributed by atoms with Gasteiger partial charge in [0.05, 0.1) is 11.4 Å². The first kappa shape index (κ1) is 17.7. The maximum absolute atomic E-state index is 9.66. The normalized spacial score (nSPS) is 13.7. The Morgan fingerprint density at radius 1 is 1.15 bits per heavy atom. The van der Waals surface area contributed by atoms with Crippen molar-refractivity contribution < 1.29 is 5.11 Å². The maximum atomic E-state index is 9.66. The highest BCUT2D eigenvalue weighted by molar-refractivity contribution is 5.61. The van der Waals surface area contributed by atoms with Crippen LogP contribution in [-0.4, -0.2) is 28.7 Å². The van der Waals surface area contributed by atoms with Crippen LogP contribution in [0.2, 0.25) is 0 Å². The Bertz CT molecular complexity index is 877. The van der Waals surface area contributed by atoms with Crippen LogP contribution in [0.15, 0.2) is 60.5 Å². The second-order valence-corrected chi connectivity index (χ2v) is 6.13. The van der Waals surface area contributed by atoms with E-state index in [0.29, 0.717) is 0 Å². The number of pyridine rings is 2. The van der Waals surface area contributed by atoms with Gasteiger partial charge in [-0.2, -0.15) is 0 Å². The Morgan fingerprint density at radius 3 is 2.77 bits per heavy atom. The van der Waals surface area contributed by atoms with Crippen molar-refractivity contribution in [3.63, 3.8) is 0 Å². The SMILES string of the molecule is CCN(C)c1ccc(/C=C/C=C/c2ccc3c(n2)CC=CC(O)=C3)cn1. The van der Waals surface area contributed by atoms with Gasteiger partial charge in [0.15, 0.2) is 0 Å². The maximum Gasteiger partial charge on any atom is 0.128 e. The molecule has 0 aliphatic heterocycles. The molecule has 2 aromatic heterocycles. The number of hydrogen-bond donors (Lipinski definition) is 1. The minimum absolute atomic E-state index is 0.265. The third-order valence-electron chi connectivity index (χ3n) is 4.24. The zero-order valence-corrected chi connectivity index (χ0v) is 15.1. The first-order valence-corrected chi connectivity index (χ1v) is 8.75. The summed E-state index contributed by atoms with van der Waals surface area (Å²) in [4.78, 5) is 11.2. The number of rotatable bonds is 5. The molecule has 0 atom stereocenters. The van der Waals surface area contributed by atoms with Crippen molar-refractivity contribution in [3.05, 3.63) is 83.0 Å². The first-order valence-electron chi connectivity index (χ1n) is 8.75. The van der Waals surface area contributed by atoms with E-state index in [1.165, 1.54) is 0 Å². The minimum Gasteiger partial charge on any atom is -0.508 e. The van der Waals surface area contributed by atoms with Gasteiger partial charge in [-0.25, -0.2) is 4.98 Å². The molecule has 2 heterocycles. The molecule has 0 bridgehead atoms. The van der Waals surface area contributed by atoms with Crippen LogP contribution in [0.4, 0.5) is 5.82 Å². The van der Waals surface area contributed by atoms with Gasteiger partial charge in [0, 0.05) is 31.8 Å². The van der Waals surface area contributed by atoms with Crippen LogP contribution in [0.3, 0.4) is 0 Å². The molecule has 1 N–H and O–H groups in total. The average molecular weight is 345 g/mol. The van der Waals surface area contributed by atoms with Gasteiger partial charge in [0.25, 0.3) is 0 Å². The Morgan fingerprint density at radius 2 is 2.00 bits per heavy atom. The summed E-state index contributed by atoms with van der Waals surface area (Å²) in [6, 6.07) is 8.03. The van der Waals surface area contributed by atoms with E-state index < -0.39 is 0 Å². The molecule has 0 aromatic carbocycles. The van der Waals surface area contributed by atoms with Gasteiger partial charge in [-0.05, 0) is 48.9 Å². The van der Waals surface area contributed by atoms with Crippen molar-refractivity contribution in [2.45, 2.75) is 13.3 Å². The van der Waals surface area contributed by atoms with Crippen LogP contribution in [-0.2, 0) is 6.42 Å². The molecule has 0 amide bonds. The number of hydrogen-bond acceptors (Lipinski definition) is 4. The van der Waals surface area contributed by atoms with Crippen LogP contribution >= 0.6 is 0 Å². The van der Waals surface area contributed by atoms with Crippen molar-refractivity contribution >= 4 is 24.0 Å². The monoisotopic (exact) mass is 345 g/mol. The molecule has 4 heteroatoms. The number of anilines is 1. The molecular formula is C22H23N3O. The number of aliphatic hydroxyl groups is 1. The zero-order chi connectivity index (χ0) is 18.4. The van der Waals surface area contributed by atoms with E-state index in [-0.39, 0.29) is 5.76 Å². The smallest absolute Gasteiger partial charge is 0.128 e. The molecule has 26 heavy (non-hydrogen) atoms. The number of allylic oxidation sites excluding steroid dienone is 4. The summed E-state index contributed by atoms with van der Waals surface area (Å²) >= 11 is 0. The molecule has 0 radical (unpaired) electrons. The number of aliphatic hydroxyl groups excluding tert-OH is 1. The highest BCUT2D eigenvalue weighted by Gasteiger charge is 2.05. The second kappa shape index (κ2) is 8.30. The predicted molar refractivity (Wildman–Crippen MR) is 109 cm³/mol. The van der Waals surface area contributed by atoms with Crippen molar-refractivity contribution in [2.75, 3.05) is 18.5 Å². The van der Waals surface area contributed by atoms with E-state index >= 15 is 0 Å². The van der Waals surface area contributed by atoms with E-state index in [2.05, 4.69) is 27.9 Å². The Hall–Kier alpha value is -3.14. The van der Waals surface area contributed by atoms with Gasteiger partial charge in [-0.15, -0.1) is 0 Å². The van der Waals surface area contributed by atoms with Gasteiger partial charge in [0.2, 0.25) is 0 Å². The van der Waals surface area contributed by atoms with Crippen molar-refractivity contribution in [2.24, 2.45) is 0 Å². The lowest BCUT2D eigenvalue weighted by atomic mass is 10.1. The molecule has 1 aliphatic carbocycles. The molecule has 0 fully saturated rings. The third-order valence-corrected chi connectivity index (χ3v) is 4.24. The predicted octanol–water partition coefficient (Wildman–Crippen LogP) is 4.67. The summed E-state index contributed by atoms with van der Waals surface area (Å²) in [5, 5.41) is 9.66. The third kappa shape index (κ3) is 4.48. The van der Waals surface area contributed by atoms with E-state index in [0.717, 1.165) is 41.3 Å². The fraction of sp³-hybridized carbons (Fsp3) is 0.182. The van der Waals surface area contributed by atoms with Gasteiger partial charge in [-0.1, -0.05) is 30.4 Å². The van der Waals surface area contributed by atoms with Crippen LogP contribution in [0, 0.1) is 0 Å². The minimum atomic E-state index is 0.265. The second-order valence-electron chi connectivity index (χ2n) is 6.13.